The summed E-state index contributed by atoms with van der Waals surface area (Å²) in [6.45, 7) is 0.767. The molecule has 3 N–H and O–H groups in total. The molecule has 1 aliphatic heterocycles. The summed E-state index contributed by atoms with van der Waals surface area (Å²) in [5.41, 5.74) is 7.41. The molecule has 98 valence electrons. The number of benzene rings is 1. The Balaban J connectivity index is 1.76. The minimum Gasteiger partial charge on any atom is -0.398 e. The molecule has 0 saturated carbocycles. The first kappa shape index (κ1) is 13.6. The second-order valence-electron chi connectivity index (χ2n) is 4.25. The van der Waals surface area contributed by atoms with E-state index in [1.165, 1.54) is 11.5 Å². The second-order valence-corrected chi connectivity index (χ2v) is 6.81. The van der Waals surface area contributed by atoms with Crippen LogP contribution in [-0.2, 0) is 11.2 Å². The Labute approximate surface area is 116 Å². The standard InChI is InChI=1S/C13H18N2OS2/c14-12-4-2-1-3-10(12)7-13(16)15-8-11-9-17-5-6-18-11/h1-4,11H,5-9,14H2,(H,15,16). The van der Waals surface area contributed by atoms with E-state index >= 15 is 0 Å². The molecular weight excluding hydrogens is 264 g/mol. The average molecular weight is 282 g/mol. The Morgan fingerprint density at radius 1 is 1.39 bits per heavy atom. The number of para-hydroxylation sites is 1. The van der Waals surface area contributed by atoms with Crippen molar-refractivity contribution >= 4 is 35.1 Å². The highest BCUT2D eigenvalue weighted by molar-refractivity contribution is 8.06. The van der Waals surface area contributed by atoms with Crippen LogP contribution in [0, 0.1) is 0 Å². The van der Waals surface area contributed by atoms with Gasteiger partial charge in [0.2, 0.25) is 5.91 Å². The fourth-order valence-corrected chi connectivity index (χ4v) is 4.42. The molecule has 1 amide bonds. The van der Waals surface area contributed by atoms with Crippen molar-refractivity contribution in [2.24, 2.45) is 0 Å². The monoisotopic (exact) mass is 282 g/mol. The number of nitrogens with two attached hydrogens (primary N) is 1. The average Bonchev–Trinajstić information content (AvgIpc) is 2.40. The molecule has 0 bridgehead atoms. The molecule has 1 saturated heterocycles. The number of thioether (sulfide) groups is 2. The van der Waals surface area contributed by atoms with Crippen LogP contribution in [0.5, 0.6) is 0 Å². The molecular formula is C13H18N2OS2. The lowest BCUT2D eigenvalue weighted by Crippen LogP contribution is -2.34. The zero-order chi connectivity index (χ0) is 12.8. The Morgan fingerprint density at radius 2 is 2.22 bits per heavy atom. The van der Waals surface area contributed by atoms with Crippen molar-refractivity contribution in [3.05, 3.63) is 29.8 Å². The summed E-state index contributed by atoms with van der Waals surface area (Å²) in [6.07, 6.45) is 0.372. The van der Waals surface area contributed by atoms with E-state index in [0.29, 0.717) is 17.4 Å². The molecule has 0 radical (unpaired) electrons. The van der Waals surface area contributed by atoms with Gasteiger partial charge < -0.3 is 11.1 Å². The first-order chi connectivity index (χ1) is 8.75. The van der Waals surface area contributed by atoms with Crippen molar-refractivity contribution in [1.82, 2.24) is 5.32 Å². The largest absolute Gasteiger partial charge is 0.398 e. The summed E-state index contributed by atoms with van der Waals surface area (Å²) in [4.78, 5) is 11.8. The van der Waals surface area contributed by atoms with Gasteiger partial charge in [-0.1, -0.05) is 18.2 Å². The van der Waals surface area contributed by atoms with E-state index in [9.17, 15) is 4.79 Å². The van der Waals surface area contributed by atoms with Crippen LogP contribution in [-0.4, -0.2) is 35.0 Å². The first-order valence-electron chi connectivity index (χ1n) is 6.05. The minimum atomic E-state index is 0.0593. The Bertz CT molecular complexity index is 406. The van der Waals surface area contributed by atoms with Crippen molar-refractivity contribution in [2.75, 3.05) is 29.5 Å². The maximum atomic E-state index is 11.8. The van der Waals surface area contributed by atoms with Crippen LogP contribution in [0.25, 0.3) is 0 Å². The molecule has 0 spiro atoms. The number of carbonyl (C=O) groups excluding carboxylic acids is 1. The third-order valence-electron chi connectivity index (χ3n) is 2.82. The van der Waals surface area contributed by atoms with Gasteiger partial charge in [0.1, 0.15) is 0 Å². The molecule has 3 nitrogen and oxygen atoms in total. The van der Waals surface area contributed by atoms with Gasteiger partial charge in [0.15, 0.2) is 0 Å². The Kier molecular flexibility index (Phi) is 5.26. The van der Waals surface area contributed by atoms with Crippen LogP contribution < -0.4 is 11.1 Å². The van der Waals surface area contributed by atoms with E-state index in [4.69, 9.17) is 5.73 Å². The van der Waals surface area contributed by atoms with Crippen molar-refractivity contribution in [1.29, 1.82) is 0 Å². The van der Waals surface area contributed by atoms with Crippen LogP contribution >= 0.6 is 23.5 Å². The summed E-state index contributed by atoms with van der Waals surface area (Å²) >= 11 is 3.92. The maximum Gasteiger partial charge on any atom is 0.224 e. The molecule has 1 unspecified atom stereocenters. The summed E-state index contributed by atoms with van der Waals surface area (Å²) in [6, 6.07) is 7.52. The number of carbonyl (C=O) groups is 1. The molecule has 0 aromatic heterocycles. The van der Waals surface area contributed by atoms with Crippen LogP contribution in [0.1, 0.15) is 5.56 Å². The van der Waals surface area contributed by atoms with E-state index < -0.39 is 0 Å². The van der Waals surface area contributed by atoms with E-state index in [1.54, 1.807) is 0 Å². The summed E-state index contributed by atoms with van der Waals surface area (Å²) in [7, 11) is 0. The zero-order valence-corrected chi connectivity index (χ0v) is 11.9. The molecule has 18 heavy (non-hydrogen) atoms. The van der Waals surface area contributed by atoms with Gasteiger partial charge in [0.25, 0.3) is 0 Å². The van der Waals surface area contributed by atoms with Crippen LogP contribution in [0.4, 0.5) is 5.69 Å². The summed E-state index contributed by atoms with van der Waals surface area (Å²) in [5.74, 6) is 3.62. The van der Waals surface area contributed by atoms with Gasteiger partial charge in [-0.2, -0.15) is 23.5 Å². The number of nitrogen functional groups attached to an aromatic ring is 1. The third kappa shape index (κ3) is 4.14. The van der Waals surface area contributed by atoms with Gasteiger partial charge in [-0.05, 0) is 11.6 Å². The van der Waals surface area contributed by atoms with Gasteiger partial charge in [-0.15, -0.1) is 0 Å². The lowest BCUT2D eigenvalue weighted by atomic mass is 10.1. The summed E-state index contributed by atoms with van der Waals surface area (Å²) in [5, 5.41) is 3.56. The number of amides is 1. The third-order valence-corrected chi connectivity index (χ3v) is 5.66. The van der Waals surface area contributed by atoms with Crippen LogP contribution in [0.15, 0.2) is 24.3 Å². The zero-order valence-electron chi connectivity index (χ0n) is 10.2. The van der Waals surface area contributed by atoms with Crippen molar-refractivity contribution in [2.45, 2.75) is 11.7 Å². The quantitative estimate of drug-likeness (QED) is 0.827. The highest BCUT2D eigenvalue weighted by Crippen LogP contribution is 2.23. The van der Waals surface area contributed by atoms with E-state index in [0.717, 1.165) is 17.9 Å². The molecule has 1 aromatic rings. The fourth-order valence-electron chi connectivity index (χ4n) is 1.81. The molecule has 5 heteroatoms. The fraction of sp³-hybridized carbons (Fsp3) is 0.462. The van der Waals surface area contributed by atoms with Gasteiger partial charge >= 0.3 is 0 Å². The predicted octanol–water partition coefficient (Wildman–Crippen LogP) is 1.78. The smallest absolute Gasteiger partial charge is 0.224 e. The van der Waals surface area contributed by atoms with Crippen molar-refractivity contribution < 1.29 is 4.79 Å². The highest BCUT2D eigenvalue weighted by atomic mass is 32.2. The molecule has 1 fully saturated rings. The minimum absolute atomic E-state index is 0.0593. The van der Waals surface area contributed by atoms with Crippen molar-refractivity contribution in [3.8, 4) is 0 Å². The van der Waals surface area contributed by atoms with Gasteiger partial charge in [0, 0.05) is 34.7 Å². The van der Waals surface area contributed by atoms with Crippen LogP contribution in [0.2, 0.25) is 0 Å². The second kappa shape index (κ2) is 6.95. The topological polar surface area (TPSA) is 55.1 Å². The first-order valence-corrected chi connectivity index (χ1v) is 8.25. The van der Waals surface area contributed by atoms with Crippen molar-refractivity contribution in [3.63, 3.8) is 0 Å². The van der Waals surface area contributed by atoms with E-state index in [2.05, 4.69) is 5.32 Å². The Morgan fingerprint density at radius 3 is 2.94 bits per heavy atom. The lowest BCUT2D eigenvalue weighted by Gasteiger charge is -2.21. The van der Waals surface area contributed by atoms with Crippen LogP contribution in [0.3, 0.4) is 0 Å². The molecule has 2 rings (SSSR count). The highest BCUT2D eigenvalue weighted by Gasteiger charge is 2.15. The number of hydrogen-bond acceptors (Lipinski definition) is 4. The molecule has 1 heterocycles. The lowest BCUT2D eigenvalue weighted by molar-refractivity contribution is -0.120. The van der Waals surface area contributed by atoms with Gasteiger partial charge in [-0.25, -0.2) is 0 Å². The molecule has 0 aliphatic carbocycles. The summed E-state index contributed by atoms with van der Waals surface area (Å²) < 4.78 is 0. The predicted molar refractivity (Wildman–Crippen MR) is 81.1 cm³/mol. The molecule has 1 aromatic carbocycles. The van der Waals surface area contributed by atoms with Gasteiger partial charge in [0.05, 0.1) is 6.42 Å². The maximum absolute atomic E-state index is 11.8. The molecule has 1 aliphatic rings. The SMILES string of the molecule is Nc1ccccc1CC(=O)NCC1CSCCS1. The number of rotatable bonds is 4. The van der Waals surface area contributed by atoms with Gasteiger partial charge in [-0.3, -0.25) is 4.79 Å². The normalized spacial score (nSPS) is 19.4. The van der Waals surface area contributed by atoms with E-state index in [1.807, 2.05) is 47.8 Å². The van der Waals surface area contributed by atoms with E-state index in [-0.39, 0.29) is 5.91 Å². The number of hydrogen-bond donors (Lipinski definition) is 2. The Hall–Kier alpha value is -0.810. The number of anilines is 1. The number of nitrogens with one attached hydrogen (secondary N) is 1. The molecule has 1 atom stereocenters.